The maximum absolute atomic E-state index is 12.4. The molecular weight excluding hydrogens is 370 g/mol. The molecule has 9 nitrogen and oxygen atoms in total. The van der Waals surface area contributed by atoms with Crippen LogP contribution < -0.4 is 21.1 Å². The number of amides is 1. The first-order valence-electron chi connectivity index (χ1n) is 8.81. The Morgan fingerprint density at radius 2 is 2.03 bits per heavy atom. The van der Waals surface area contributed by atoms with Gasteiger partial charge in [0, 0.05) is 18.1 Å². The highest BCUT2D eigenvalue weighted by Crippen LogP contribution is 2.16. The zero-order valence-corrected chi connectivity index (χ0v) is 15.9. The predicted octanol–water partition coefficient (Wildman–Crippen LogP) is 2.67. The summed E-state index contributed by atoms with van der Waals surface area (Å²) in [7, 11) is 0. The van der Waals surface area contributed by atoms with Crippen LogP contribution in [-0.4, -0.2) is 32.4 Å². The van der Waals surface area contributed by atoms with Crippen molar-refractivity contribution in [2.24, 2.45) is 0 Å². The van der Waals surface area contributed by atoms with Crippen LogP contribution in [0.15, 0.2) is 61.2 Å². The molecule has 0 aliphatic rings. The Hall–Kier alpha value is -4.01. The number of hydrogen-bond acceptors (Lipinski definition) is 8. The van der Waals surface area contributed by atoms with Crippen LogP contribution in [0.25, 0.3) is 0 Å². The summed E-state index contributed by atoms with van der Waals surface area (Å²) in [5.41, 5.74) is 8.88. The van der Waals surface area contributed by atoms with Crippen LogP contribution in [0.4, 0.5) is 17.2 Å². The van der Waals surface area contributed by atoms with Gasteiger partial charge in [0.05, 0.1) is 30.3 Å². The summed E-state index contributed by atoms with van der Waals surface area (Å²) in [6.45, 7) is 6.37. The molecule has 0 bridgehead atoms. The zero-order chi connectivity index (χ0) is 20.6. The van der Waals surface area contributed by atoms with E-state index in [9.17, 15) is 4.79 Å². The first kappa shape index (κ1) is 19.7. The molecule has 0 saturated carbocycles. The van der Waals surface area contributed by atoms with E-state index < -0.39 is 0 Å². The third-order valence-corrected chi connectivity index (χ3v) is 3.70. The fourth-order valence-corrected chi connectivity index (χ4v) is 2.31. The summed E-state index contributed by atoms with van der Waals surface area (Å²) in [4.78, 5) is 28.9. The van der Waals surface area contributed by atoms with Crippen molar-refractivity contribution in [1.29, 1.82) is 0 Å². The lowest BCUT2D eigenvalue weighted by Gasteiger charge is -2.10. The van der Waals surface area contributed by atoms with Crippen molar-refractivity contribution in [1.82, 2.24) is 19.9 Å². The van der Waals surface area contributed by atoms with Crippen molar-refractivity contribution < 1.29 is 9.53 Å². The van der Waals surface area contributed by atoms with Gasteiger partial charge in [-0.3, -0.25) is 9.78 Å². The highest BCUT2D eigenvalue weighted by Gasteiger charge is 2.10. The number of aromatic nitrogens is 4. The number of carbonyl (C=O) groups excluding carboxylic acids is 1. The Morgan fingerprint density at radius 3 is 2.76 bits per heavy atom. The predicted molar refractivity (Wildman–Crippen MR) is 111 cm³/mol. The second-order valence-electron chi connectivity index (χ2n) is 6.27. The zero-order valence-electron chi connectivity index (χ0n) is 15.9. The molecule has 3 aromatic heterocycles. The number of nitrogens with two attached hydrogens (primary N) is 1. The van der Waals surface area contributed by atoms with Crippen LogP contribution in [0.3, 0.4) is 0 Å². The van der Waals surface area contributed by atoms with Crippen molar-refractivity contribution in [2.45, 2.75) is 13.5 Å². The summed E-state index contributed by atoms with van der Waals surface area (Å²) in [5.74, 6) is 0.355. The molecule has 0 aliphatic carbocycles. The quantitative estimate of drug-likeness (QED) is 0.500. The molecule has 3 rings (SSSR count). The third-order valence-electron chi connectivity index (χ3n) is 3.70. The standard InChI is InChI=1S/C20H21N7O2/c1-13(2)12-29-18-11-25-17(10-26-18)20(28)27-14-5-7-22-15(8-14)9-24-16-4-3-6-23-19(16)21/h3-8,10-11,24H,1,9,12H2,2H3,(H2,21,23)(H,22,27,28). The minimum absolute atomic E-state index is 0.173. The van der Waals surface area contributed by atoms with Crippen LogP contribution in [0.5, 0.6) is 5.88 Å². The van der Waals surface area contributed by atoms with E-state index in [2.05, 4.69) is 37.1 Å². The molecule has 9 heteroatoms. The van der Waals surface area contributed by atoms with E-state index in [0.29, 0.717) is 36.2 Å². The third kappa shape index (κ3) is 5.73. The van der Waals surface area contributed by atoms with Gasteiger partial charge in [0.1, 0.15) is 18.1 Å². The number of anilines is 3. The van der Waals surface area contributed by atoms with Gasteiger partial charge in [0.25, 0.3) is 5.91 Å². The molecule has 1 amide bonds. The Bertz CT molecular complexity index is 1010. The van der Waals surface area contributed by atoms with Crippen molar-refractivity contribution in [3.8, 4) is 5.88 Å². The highest BCUT2D eigenvalue weighted by molar-refractivity contribution is 6.02. The Morgan fingerprint density at radius 1 is 1.17 bits per heavy atom. The van der Waals surface area contributed by atoms with Gasteiger partial charge in [-0.2, -0.15) is 0 Å². The van der Waals surface area contributed by atoms with E-state index in [0.717, 1.165) is 11.3 Å². The number of hydrogen-bond donors (Lipinski definition) is 3. The first-order valence-corrected chi connectivity index (χ1v) is 8.81. The van der Waals surface area contributed by atoms with Crippen molar-refractivity contribution in [3.63, 3.8) is 0 Å². The summed E-state index contributed by atoms with van der Waals surface area (Å²) in [6, 6.07) is 7.07. The van der Waals surface area contributed by atoms with E-state index in [1.54, 1.807) is 30.6 Å². The van der Waals surface area contributed by atoms with E-state index >= 15 is 0 Å². The summed E-state index contributed by atoms with van der Waals surface area (Å²) in [5, 5.41) is 5.94. The second kappa shape index (κ2) is 9.27. The number of ether oxygens (including phenoxy) is 1. The lowest BCUT2D eigenvalue weighted by atomic mass is 10.3. The van der Waals surface area contributed by atoms with E-state index in [-0.39, 0.29) is 11.6 Å². The molecule has 0 atom stereocenters. The molecule has 0 radical (unpaired) electrons. The van der Waals surface area contributed by atoms with Gasteiger partial charge in [-0.05, 0) is 36.8 Å². The average Bonchev–Trinajstić information content (AvgIpc) is 2.72. The van der Waals surface area contributed by atoms with Crippen LogP contribution in [0.1, 0.15) is 23.1 Å². The molecule has 0 saturated heterocycles. The van der Waals surface area contributed by atoms with Crippen LogP contribution in [-0.2, 0) is 6.54 Å². The number of nitrogens with zero attached hydrogens (tertiary/aromatic N) is 4. The molecule has 0 unspecified atom stereocenters. The largest absolute Gasteiger partial charge is 0.472 e. The highest BCUT2D eigenvalue weighted by atomic mass is 16.5. The number of nitrogen functional groups attached to an aromatic ring is 1. The van der Waals surface area contributed by atoms with E-state index in [4.69, 9.17) is 10.5 Å². The molecule has 0 spiro atoms. The first-order chi connectivity index (χ1) is 14.0. The Kier molecular flexibility index (Phi) is 6.31. The monoisotopic (exact) mass is 391 g/mol. The lowest BCUT2D eigenvalue weighted by molar-refractivity contribution is 0.102. The minimum Gasteiger partial charge on any atom is -0.472 e. The second-order valence-corrected chi connectivity index (χ2v) is 6.27. The summed E-state index contributed by atoms with van der Waals surface area (Å²) >= 11 is 0. The van der Waals surface area contributed by atoms with Gasteiger partial charge in [-0.25, -0.2) is 15.0 Å². The minimum atomic E-state index is -0.384. The average molecular weight is 391 g/mol. The van der Waals surface area contributed by atoms with Crippen LogP contribution in [0, 0.1) is 0 Å². The molecule has 3 heterocycles. The molecular formula is C20H21N7O2. The number of rotatable bonds is 8. The summed E-state index contributed by atoms with van der Waals surface area (Å²) in [6.07, 6.45) is 5.99. The van der Waals surface area contributed by atoms with Gasteiger partial charge in [0.15, 0.2) is 0 Å². The normalized spacial score (nSPS) is 10.2. The van der Waals surface area contributed by atoms with E-state index in [1.807, 2.05) is 13.0 Å². The van der Waals surface area contributed by atoms with Gasteiger partial charge in [-0.1, -0.05) is 6.58 Å². The molecule has 148 valence electrons. The van der Waals surface area contributed by atoms with Gasteiger partial charge < -0.3 is 21.1 Å². The van der Waals surface area contributed by atoms with E-state index in [1.165, 1.54) is 12.4 Å². The molecule has 3 aromatic rings. The number of carbonyl (C=O) groups is 1. The molecule has 29 heavy (non-hydrogen) atoms. The fourth-order valence-electron chi connectivity index (χ4n) is 2.31. The van der Waals surface area contributed by atoms with Gasteiger partial charge >= 0.3 is 0 Å². The molecule has 0 aliphatic heterocycles. The maximum Gasteiger partial charge on any atom is 0.275 e. The number of pyridine rings is 2. The van der Waals surface area contributed by atoms with Gasteiger partial charge in [0.2, 0.25) is 5.88 Å². The molecule has 4 N–H and O–H groups in total. The fraction of sp³-hybridized carbons (Fsp3) is 0.150. The van der Waals surface area contributed by atoms with Crippen LogP contribution in [0.2, 0.25) is 0 Å². The SMILES string of the molecule is C=C(C)COc1cnc(C(=O)Nc2ccnc(CNc3cccnc3N)c2)cn1. The summed E-state index contributed by atoms with van der Waals surface area (Å²) < 4.78 is 5.37. The van der Waals surface area contributed by atoms with Crippen LogP contribution >= 0.6 is 0 Å². The maximum atomic E-state index is 12.4. The van der Waals surface area contributed by atoms with Crippen molar-refractivity contribution in [3.05, 3.63) is 72.6 Å². The number of nitrogens with one attached hydrogen (secondary N) is 2. The van der Waals surface area contributed by atoms with Crippen molar-refractivity contribution >= 4 is 23.1 Å². The Balaban J connectivity index is 1.60. The topological polar surface area (TPSA) is 128 Å². The smallest absolute Gasteiger partial charge is 0.275 e. The van der Waals surface area contributed by atoms with Gasteiger partial charge in [-0.15, -0.1) is 0 Å². The Labute approximate surface area is 168 Å². The van der Waals surface area contributed by atoms with Crippen molar-refractivity contribution in [2.75, 3.05) is 23.0 Å². The molecule has 0 aromatic carbocycles. The lowest BCUT2D eigenvalue weighted by Crippen LogP contribution is -2.15. The molecule has 0 fully saturated rings.